The van der Waals surface area contributed by atoms with Gasteiger partial charge < -0.3 is 5.11 Å². The summed E-state index contributed by atoms with van der Waals surface area (Å²) in [5.74, 6) is -0.0809. The van der Waals surface area contributed by atoms with E-state index in [-0.39, 0.29) is 5.92 Å². The lowest BCUT2D eigenvalue weighted by molar-refractivity contribution is 0.141. The van der Waals surface area contributed by atoms with Gasteiger partial charge in [0.05, 0.1) is 6.10 Å². The highest BCUT2D eigenvalue weighted by molar-refractivity contribution is 6.35. The van der Waals surface area contributed by atoms with Crippen molar-refractivity contribution in [3.63, 3.8) is 0 Å². The van der Waals surface area contributed by atoms with Crippen LogP contribution in [-0.4, -0.2) is 10.1 Å². The summed E-state index contributed by atoms with van der Waals surface area (Å²) in [7, 11) is 0. The van der Waals surface area contributed by atoms with Crippen LogP contribution in [0.5, 0.6) is 0 Å². The van der Waals surface area contributed by atoms with Crippen LogP contribution in [-0.2, 0) is 0 Å². The molecule has 1 N–H and O–H groups in total. The zero-order valence-corrected chi connectivity index (χ0v) is 13.0. The third-order valence-electron chi connectivity index (χ3n) is 3.55. The van der Waals surface area contributed by atoms with Gasteiger partial charge >= 0.3 is 0 Å². The molecule has 0 bridgehead atoms. The van der Waals surface area contributed by atoms with Crippen molar-refractivity contribution < 1.29 is 5.11 Å². The summed E-state index contributed by atoms with van der Waals surface area (Å²) < 4.78 is 0. The van der Waals surface area contributed by atoms with E-state index in [0.717, 1.165) is 23.2 Å². The van der Waals surface area contributed by atoms with Gasteiger partial charge in [-0.25, -0.2) is 0 Å². The fourth-order valence-electron chi connectivity index (χ4n) is 2.44. The number of aryl methyl sites for hydroxylation is 1. The molecule has 0 radical (unpaired) electrons. The molecule has 0 amide bonds. The van der Waals surface area contributed by atoms with E-state index >= 15 is 0 Å². The molecule has 0 saturated carbocycles. The second kappa shape index (κ2) is 6.57. The predicted octanol–water partition coefficient (Wildman–Crippen LogP) is 4.92. The van der Waals surface area contributed by atoms with Gasteiger partial charge in [-0.1, -0.05) is 42.3 Å². The Kier molecular flexibility index (Phi) is 5.03. The summed E-state index contributed by atoms with van der Waals surface area (Å²) in [4.78, 5) is 4.23. The van der Waals surface area contributed by atoms with E-state index < -0.39 is 6.10 Å². The Morgan fingerprint density at radius 2 is 1.95 bits per heavy atom. The van der Waals surface area contributed by atoms with E-state index in [4.69, 9.17) is 23.2 Å². The molecule has 4 heteroatoms. The molecule has 0 aliphatic carbocycles. The molecule has 2 nitrogen and oxygen atoms in total. The smallest absolute Gasteiger partial charge is 0.0876 e. The third kappa shape index (κ3) is 3.14. The number of halogens is 2. The van der Waals surface area contributed by atoms with Crippen LogP contribution in [0.1, 0.15) is 42.2 Å². The Balaban J connectivity index is 2.39. The van der Waals surface area contributed by atoms with Crippen molar-refractivity contribution >= 4 is 23.2 Å². The molecule has 106 valence electrons. The Hall–Kier alpha value is -1.09. The fraction of sp³-hybridized carbons (Fsp3) is 0.312. The molecule has 2 aromatic rings. The second-order valence-electron chi connectivity index (χ2n) is 4.80. The van der Waals surface area contributed by atoms with Crippen LogP contribution in [0.3, 0.4) is 0 Å². The van der Waals surface area contributed by atoms with Crippen LogP contribution in [0.25, 0.3) is 0 Å². The average Bonchev–Trinajstić information content (AvgIpc) is 2.42. The van der Waals surface area contributed by atoms with Gasteiger partial charge in [0.25, 0.3) is 0 Å². The van der Waals surface area contributed by atoms with Gasteiger partial charge in [-0.2, -0.15) is 0 Å². The minimum Gasteiger partial charge on any atom is -0.388 e. The first-order chi connectivity index (χ1) is 9.54. The number of aliphatic hydroxyl groups is 1. The highest BCUT2D eigenvalue weighted by atomic mass is 35.5. The van der Waals surface area contributed by atoms with Gasteiger partial charge in [0.1, 0.15) is 0 Å². The van der Waals surface area contributed by atoms with E-state index in [2.05, 4.69) is 4.98 Å². The first-order valence-electron chi connectivity index (χ1n) is 6.59. The summed E-state index contributed by atoms with van der Waals surface area (Å²) >= 11 is 12.2. The second-order valence-corrected chi connectivity index (χ2v) is 5.65. The molecule has 0 aliphatic heterocycles. The minimum atomic E-state index is -0.632. The normalized spacial score (nSPS) is 14.1. The van der Waals surface area contributed by atoms with E-state index in [1.165, 1.54) is 0 Å². The number of hydrogen-bond acceptors (Lipinski definition) is 2. The Morgan fingerprint density at radius 1 is 1.20 bits per heavy atom. The van der Waals surface area contributed by atoms with Crippen LogP contribution >= 0.6 is 23.2 Å². The van der Waals surface area contributed by atoms with Crippen molar-refractivity contribution in [3.8, 4) is 0 Å². The summed E-state index contributed by atoms with van der Waals surface area (Å²) in [6, 6.07) is 9.13. The number of nitrogens with zero attached hydrogens (tertiary/aromatic N) is 1. The van der Waals surface area contributed by atoms with E-state index in [1.807, 2.05) is 32.0 Å². The lowest BCUT2D eigenvalue weighted by atomic mass is 9.86. The monoisotopic (exact) mass is 309 g/mol. The van der Waals surface area contributed by atoms with Crippen molar-refractivity contribution in [1.82, 2.24) is 4.98 Å². The highest BCUT2D eigenvalue weighted by Gasteiger charge is 2.24. The fourth-order valence-corrected chi connectivity index (χ4v) is 2.99. The first kappa shape index (κ1) is 15.3. The molecule has 1 heterocycles. The van der Waals surface area contributed by atoms with Gasteiger partial charge in [-0.15, -0.1) is 0 Å². The molecule has 0 spiro atoms. The molecule has 2 unspecified atom stereocenters. The molecule has 2 rings (SSSR count). The van der Waals surface area contributed by atoms with Crippen molar-refractivity contribution in [2.45, 2.75) is 32.3 Å². The van der Waals surface area contributed by atoms with Crippen molar-refractivity contribution in [2.75, 3.05) is 0 Å². The number of aliphatic hydroxyl groups excluding tert-OH is 1. The van der Waals surface area contributed by atoms with E-state index in [0.29, 0.717) is 10.0 Å². The number of rotatable bonds is 4. The van der Waals surface area contributed by atoms with Crippen LogP contribution in [0, 0.1) is 6.92 Å². The number of benzene rings is 1. The quantitative estimate of drug-likeness (QED) is 0.869. The third-order valence-corrected chi connectivity index (χ3v) is 4.11. The van der Waals surface area contributed by atoms with E-state index in [1.54, 1.807) is 18.3 Å². The molecule has 1 aromatic heterocycles. The van der Waals surface area contributed by atoms with Crippen LogP contribution in [0.4, 0.5) is 0 Å². The number of aromatic nitrogens is 1. The van der Waals surface area contributed by atoms with Gasteiger partial charge in [-0.3, -0.25) is 4.98 Å². The summed E-state index contributed by atoms with van der Waals surface area (Å²) in [6.45, 7) is 3.93. The van der Waals surface area contributed by atoms with Crippen molar-refractivity contribution in [1.29, 1.82) is 0 Å². The maximum Gasteiger partial charge on any atom is 0.0876 e. The molecule has 0 aliphatic rings. The zero-order chi connectivity index (χ0) is 14.7. The van der Waals surface area contributed by atoms with E-state index in [9.17, 15) is 5.11 Å². The highest BCUT2D eigenvalue weighted by Crippen LogP contribution is 2.38. The van der Waals surface area contributed by atoms with Crippen LogP contribution in [0.2, 0.25) is 10.0 Å². The molecular weight excluding hydrogens is 293 g/mol. The van der Waals surface area contributed by atoms with Gasteiger partial charge in [0.2, 0.25) is 0 Å². The van der Waals surface area contributed by atoms with Gasteiger partial charge in [-0.05, 0) is 37.1 Å². The summed E-state index contributed by atoms with van der Waals surface area (Å²) in [5, 5.41) is 11.9. The molecule has 0 fully saturated rings. The zero-order valence-electron chi connectivity index (χ0n) is 11.5. The number of hydrogen-bond donors (Lipinski definition) is 1. The topological polar surface area (TPSA) is 33.1 Å². The Morgan fingerprint density at radius 3 is 2.55 bits per heavy atom. The number of pyridine rings is 1. The maximum atomic E-state index is 10.7. The summed E-state index contributed by atoms with van der Waals surface area (Å²) in [6.07, 6.45) is 1.87. The van der Waals surface area contributed by atoms with Crippen LogP contribution in [0.15, 0.2) is 36.5 Å². The first-order valence-corrected chi connectivity index (χ1v) is 7.34. The Bertz CT molecular complexity index is 601. The molecular formula is C16H17Cl2NO. The molecule has 20 heavy (non-hydrogen) atoms. The van der Waals surface area contributed by atoms with Gasteiger partial charge in [0, 0.05) is 33.4 Å². The minimum absolute atomic E-state index is 0.0809. The van der Waals surface area contributed by atoms with Crippen molar-refractivity contribution in [2.24, 2.45) is 0 Å². The largest absolute Gasteiger partial charge is 0.388 e. The lowest BCUT2D eigenvalue weighted by Crippen LogP contribution is -2.12. The SMILES string of the molecule is CCC(c1ccc(Cl)cc1Cl)C(O)c1cccnc1C. The standard InChI is InChI=1S/C16H17Cl2NO/c1-3-12(14-7-6-11(17)9-15(14)18)16(20)13-5-4-8-19-10(13)2/h4-9,12,16,20H,3H2,1-2H3. The maximum absolute atomic E-state index is 10.7. The average molecular weight is 310 g/mol. The molecule has 1 aromatic carbocycles. The molecule has 2 atom stereocenters. The summed E-state index contributed by atoms with van der Waals surface area (Å²) in [5.41, 5.74) is 2.59. The van der Waals surface area contributed by atoms with Crippen molar-refractivity contribution in [3.05, 3.63) is 63.4 Å². The van der Waals surface area contributed by atoms with Crippen LogP contribution < -0.4 is 0 Å². The molecule has 0 saturated heterocycles. The lowest BCUT2D eigenvalue weighted by Gasteiger charge is -2.24. The van der Waals surface area contributed by atoms with Gasteiger partial charge in [0.15, 0.2) is 0 Å². The Labute approximate surface area is 129 Å². The predicted molar refractivity (Wildman–Crippen MR) is 83.4 cm³/mol.